The third-order valence-electron chi connectivity index (χ3n) is 3.46. The lowest BCUT2D eigenvalue weighted by molar-refractivity contribution is 0.0400. The van der Waals surface area contributed by atoms with Crippen LogP contribution in [0.25, 0.3) is 0 Å². The number of nitrogens with two attached hydrogens (primary N) is 1. The Morgan fingerprint density at radius 2 is 2.06 bits per heavy atom. The summed E-state index contributed by atoms with van der Waals surface area (Å²) in [6.07, 6.45) is 2.76. The highest BCUT2D eigenvalue weighted by Crippen LogP contribution is 2.30. The molecule has 16 heavy (non-hydrogen) atoms. The maximum atomic E-state index is 6.31. The van der Waals surface area contributed by atoms with Crippen molar-refractivity contribution >= 4 is 0 Å². The normalized spacial score (nSPS) is 27.0. The second kappa shape index (κ2) is 4.56. The zero-order valence-electron chi connectivity index (χ0n) is 10.4. The smallest absolute Gasteiger partial charge is 0.0772 e. The van der Waals surface area contributed by atoms with Gasteiger partial charge in [-0.15, -0.1) is 0 Å². The minimum absolute atomic E-state index is 0.0184. The highest BCUT2D eigenvalue weighted by molar-refractivity contribution is 5.33. The van der Waals surface area contributed by atoms with Crippen LogP contribution in [0.15, 0.2) is 18.2 Å². The van der Waals surface area contributed by atoms with Crippen molar-refractivity contribution in [2.45, 2.75) is 51.9 Å². The fraction of sp³-hybridized carbons (Fsp3) is 0.571. The van der Waals surface area contributed by atoms with Gasteiger partial charge in [-0.25, -0.2) is 0 Å². The number of hydrogen-bond donors (Lipinski definition) is 1. The molecule has 0 aromatic heterocycles. The first-order chi connectivity index (χ1) is 7.58. The molecule has 1 aromatic carbocycles. The molecule has 2 heteroatoms. The molecule has 0 aliphatic carbocycles. The maximum absolute atomic E-state index is 6.31. The van der Waals surface area contributed by atoms with Gasteiger partial charge >= 0.3 is 0 Å². The van der Waals surface area contributed by atoms with Crippen LogP contribution in [0.1, 0.15) is 42.5 Å². The summed E-state index contributed by atoms with van der Waals surface area (Å²) in [5.41, 5.74) is 10.1. The predicted octanol–water partition coefficient (Wildman–Crippen LogP) is 2.87. The molecular formula is C14H21NO. The van der Waals surface area contributed by atoms with E-state index in [0.29, 0.717) is 6.10 Å². The second-order valence-electron chi connectivity index (χ2n) is 4.95. The van der Waals surface area contributed by atoms with Crippen LogP contribution >= 0.6 is 0 Å². The average molecular weight is 219 g/mol. The molecule has 0 spiro atoms. The molecule has 0 bridgehead atoms. The van der Waals surface area contributed by atoms with Gasteiger partial charge in [0.1, 0.15) is 0 Å². The monoisotopic (exact) mass is 219 g/mol. The molecule has 3 atom stereocenters. The van der Waals surface area contributed by atoms with Crippen LogP contribution in [0.2, 0.25) is 0 Å². The SMILES string of the molecule is Cc1ccc(C)c(C(N)C2CCC(C)O2)c1. The summed E-state index contributed by atoms with van der Waals surface area (Å²) in [6.45, 7) is 6.34. The van der Waals surface area contributed by atoms with Crippen LogP contribution in [-0.2, 0) is 4.74 Å². The first-order valence-electron chi connectivity index (χ1n) is 6.06. The van der Waals surface area contributed by atoms with Crippen molar-refractivity contribution in [2.24, 2.45) is 5.73 Å². The van der Waals surface area contributed by atoms with E-state index >= 15 is 0 Å². The molecule has 0 amide bonds. The minimum atomic E-state index is 0.0184. The minimum Gasteiger partial charge on any atom is -0.373 e. The van der Waals surface area contributed by atoms with Gasteiger partial charge in [0, 0.05) is 0 Å². The number of benzene rings is 1. The van der Waals surface area contributed by atoms with E-state index in [9.17, 15) is 0 Å². The number of hydrogen-bond acceptors (Lipinski definition) is 2. The summed E-state index contributed by atoms with van der Waals surface area (Å²) in [5, 5.41) is 0. The number of rotatable bonds is 2. The van der Waals surface area contributed by atoms with Crippen molar-refractivity contribution < 1.29 is 4.74 Å². The van der Waals surface area contributed by atoms with Gasteiger partial charge in [-0.05, 0) is 44.7 Å². The summed E-state index contributed by atoms with van der Waals surface area (Å²) in [5.74, 6) is 0. The second-order valence-corrected chi connectivity index (χ2v) is 4.95. The van der Waals surface area contributed by atoms with Gasteiger partial charge < -0.3 is 10.5 Å². The lowest BCUT2D eigenvalue weighted by atomic mass is 9.94. The van der Waals surface area contributed by atoms with Crippen LogP contribution in [-0.4, -0.2) is 12.2 Å². The van der Waals surface area contributed by atoms with Crippen molar-refractivity contribution in [2.75, 3.05) is 0 Å². The fourth-order valence-corrected chi connectivity index (χ4v) is 2.42. The molecule has 1 aliphatic rings. The van der Waals surface area contributed by atoms with Crippen LogP contribution < -0.4 is 5.73 Å². The third kappa shape index (κ3) is 2.28. The van der Waals surface area contributed by atoms with E-state index in [1.807, 2.05) is 0 Å². The maximum Gasteiger partial charge on any atom is 0.0772 e. The van der Waals surface area contributed by atoms with E-state index in [2.05, 4.69) is 39.0 Å². The fourth-order valence-electron chi connectivity index (χ4n) is 2.42. The molecule has 1 heterocycles. The zero-order valence-corrected chi connectivity index (χ0v) is 10.4. The Morgan fingerprint density at radius 1 is 1.31 bits per heavy atom. The molecule has 2 rings (SSSR count). The van der Waals surface area contributed by atoms with Gasteiger partial charge in [-0.2, -0.15) is 0 Å². The first-order valence-corrected chi connectivity index (χ1v) is 6.06. The molecule has 1 saturated heterocycles. The molecule has 2 N–H and O–H groups in total. The van der Waals surface area contributed by atoms with Crippen molar-refractivity contribution in [1.29, 1.82) is 0 Å². The highest BCUT2D eigenvalue weighted by Gasteiger charge is 2.28. The van der Waals surface area contributed by atoms with E-state index < -0.39 is 0 Å². The Hall–Kier alpha value is -0.860. The topological polar surface area (TPSA) is 35.2 Å². The van der Waals surface area contributed by atoms with Crippen molar-refractivity contribution in [3.63, 3.8) is 0 Å². The predicted molar refractivity (Wildman–Crippen MR) is 66.4 cm³/mol. The molecule has 3 unspecified atom stereocenters. The Morgan fingerprint density at radius 3 is 2.69 bits per heavy atom. The van der Waals surface area contributed by atoms with Crippen LogP contribution in [0, 0.1) is 13.8 Å². The van der Waals surface area contributed by atoms with Crippen molar-refractivity contribution in [3.8, 4) is 0 Å². The van der Waals surface area contributed by atoms with Gasteiger partial charge in [0.15, 0.2) is 0 Å². The quantitative estimate of drug-likeness (QED) is 0.830. The molecule has 1 aliphatic heterocycles. The molecule has 0 saturated carbocycles. The van der Waals surface area contributed by atoms with Crippen molar-refractivity contribution in [1.82, 2.24) is 0 Å². The summed E-state index contributed by atoms with van der Waals surface area (Å²) >= 11 is 0. The van der Waals surface area contributed by atoms with Crippen LogP contribution in [0.3, 0.4) is 0 Å². The van der Waals surface area contributed by atoms with Gasteiger partial charge in [-0.3, -0.25) is 0 Å². The first kappa shape index (κ1) is 11.6. The molecule has 1 aromatic rings. The lowest BCUT2D eigenvalue weighted by Crippen LogP contribution is -2.27. The average Bonchev–Trinajstić information content (AvgIpc) is 2.67. The molecule has 0 radical (unpaired) electrons. The molecule has 88 valence electrons. The van der Waals surface area contributed by atoms with E-state index in [0.717, 1.165) is 12.8 Å². The Labute approximate surface area is 97.8 Å². The molecular weight excluding hydrogens is 198 g/mol. The van der Waals surface area contributed by atoms with Crippen LogP contribution in [0.4, 0.5) is 0 Å². The van der Waals surface area contributed by atoms with Crippen molar-refractivity contribution in [3.05, 3.63) is 34.9 Å². The van der Waals surface area contributed by atoms with E-state index in [-0.39, 0.29) is 12.1 Å². The standard InChI is InChI=1S/C14H21NO/c1-9-4-5-10(2)12(8-9)14(15)13-7-6-11(3)16-13/h4-5,8,11,13-14H,6-7,15H2,1-3H3. The number of ether oxygens (including phenoxy) is 1. The summed E-state index contributed by atoms with van der Waals surface area (Å²) in [4.78, 5) is 0. The Kier molecular flexibility index (Phi) is 3.31. The third-order valence-corrected chi connectivity index (χ3v) is 3.46. The van der Waals surface area contributed by atoms with E-state index in [1.165, 1.54) is 16.7 Å². The number of aryl methyl sites for hydroxylation is 2. The Balaban J connectivity index is 2.20. The zero-order chi connectivity index (χ0) is 11.7. The van der Waals surface area contributed by atoms with Crippen LogP contribution in [0.5, 0.6) is 0 Å². The highest BCUT2D eigenvalue weighted by atomic mass is 16.5. The van der Waals surface area contributed by atoms with Gasteiger partial charge in [0.2, 0.25) is 0 Å². The summed E-state index contributed by atoms with van der Waals surface area (Å²) in [7, 11) is 0. The van der Waals surface area contributed by atoms with E-state index in [1.54, 1.807) is 0 Å². The molecule has 2 nitrogen and oxygen atoms in total. The van der Waals surface area contributed by atoms with Gasteiger partial charge in [0.05, 0.1) is 18.2 Å². The van der Waals surface area contributed by atoms with Gasteiger partial charge in [0.25, 0.3) is 0 Å². The largest absolute Gasteiger partial charge is 0.373 e. The Bertz CT molecular complexity index is 375. The van der Waals surface area contributed by atoms with Gasteiger partial charge in [-0.1, -0.05) is 23.8 Å². The molecule has 1 fully saturated rings. The van der Waals surface area contributed by atoms with E-state index in [4.69, 9.17) is 10.5 Å². The summed E-state index contributed by atoms with van der Waals surface area (Å²) < 4.78 is 5.85. The summed E-state index contributed by atoms with van der Waals surface area (Å²) in [6, 6.07) is 6.48. The lowest BCUT2D eigenvalue weighted by Gasteiger charge is -2.22.